The molecular weight excluding hydrogens is 708 g/mol. The molecule has 0 aliphatic heterocycles. The normalized spacial score (nSPS) is 10.7. The molecule has 0 unspecified atom stereocenters. The van der Waals surface area contributed by atoms with Crippen LogP contribution in [0.1, 0.15) is 11.1 Å². The van der Waals surface area contributed by atoms with Gasteiger partial charge in [-0.1, -0.05) is 24.3 Å². The van der Waals surface area contributed by atoms with Crippen LogP contribution in [0.5, 0.6) is 0 Å². The van der Waals surface area contributed by atoms with Crippen molar-refractivity contribution in [3.63, 3.8) is 0 Å². The van der Waals surface area contributed by atoms with E-state index in [9.17, 15) is 0 Å². The summed E-state index contributed by atoms with van der Waals surface area (Å²) in [7, 11) is 0. The molecule has 0 nitrogen and oxygen atoms in total. The van der Waals surface area contributed by atoms with Crippen LogP contribution in [-0.2, 0) is 11.5 Å². The zero-order valence-corrected chi connectivity index (χ0v) is 19.2. The minimum atomic E-state index is 1.08. The molecule has 0 spiro atoms. The Labute approximate surface area is 172 Å². The van der Waals surface area contributed by atoms with E-state index in [-0.39, 0.29) is 0 Å². The Morgan fingerprint density at radius 3 is 1.53 bits per heavy atom. The molecule has 0 aliphatic rings. The molecule has 0 radical (unpaired) electrons. The van der Waals surface area contributed by atoms with Gasteiger partial charge in [0.1, 0.15) is 0 Å². The SMILES string of the molecule is Ic1cccc(CSCc2cccc(I)c2I)c1I. The Balaban J connectivity index is 2.00. The fraction of sp³-hybridized carbons (Fsp3) is 0.143. The van der Waals surface area contributed by atoms with Crippen molar-refractivity contribution >= 4 is 102 Å². The Morgan fingerprint density at radius 1 is 0.684 bits per heavy atom. The monoisotopic (exact) mass is 718 g/mol. The van der Waals surface area contributed by atoms with Gasteiger partial charge in [0.25, 0.3) is 0 Å². The van der Waals surface area contributed by atoms with E-state index in [2.05, 4.69) is 127 Å². The summed E-state index contributed by atoms with van der Waals surface area (Å²) in [5.41, 5.74) is 2.89. The van der Waals surface area contributed by atoms with Crippen molar-refractivity contribution in [3.05, 3.63) is 61.8 Å². The molecule has 100 valence electrons. The first-order valence-corrected chi connectivity index (χ1v) is 11.0. The average Bonchev–Trinajstić information content (AvgIpc) is 2.39. The average molecular weight is 718 g/mol. The third kappa shape index (κ3) is 4.85. The van der Waals surface area contributed by atoms with Gasteiger partial charge in [-0.2, -0.15) is 11.8 Å². The third-order valence-corrected chi connectivity index (χ3v) is 10.0. The number of hydrogen-bond acceptors (Lipinski definition) is 1. The third-order valence-electron chi connectivity index (χ3n) is 2.58. The van der Waals surface area contributed by atoms with Crippen molar-refractivity contribution in [2.45, 2.75) is 11.5 Å². The van der Waals surface area contributed by atoms with Crippen LogP contribution in [0.2, 0.25) is 0 Å². The summed E-state index contributed by atoms with van der Waals surface area (Å²) in [5.74, 6) is 2.16. The Morgan fingerprint density at radius 2 is 1.11 bits per heavy atom. The molecule has 0 fully saturated rings. The molecule has 0 heterocycles. The number of halogens is 4. The van der Waals surface area contributed by atoms with Gasteiger partial charge >= 0.3 is 0 Å². The van der Waals surface area contributed by atoms with Crippen LogP contribution in [-0.4, -0.2) is 0 Å². The predicted molar refractivity (Wildman–Crippen MR) is 119 cm³/mol. The van der Waals surface area contributed by atoms with Gasteiger partial charge in [0.15, 0.2) is 0 Å². The molecule has 0 bridgehead atoms. The van der Waals surface area contributed by atoms with E-state index < -0.39 is 0 Å². The zero-order chi connectivity index (χ0) is 13.8. The summed E-state index contributed by atoms with van der Waals surface area (Å²) in [6, 6.07) is 13.1. The fourth-order valence-corrected chi connectivity index (χ4v) is 5.34. The molecule has 5 heteroatoms. The van der Waals surface area contributed by atoms with Gasteiger partial charge in [-0.25, -0.2) is 0 Å². The topological polar surface area (TPSA) is 0 Å². The number of thioether (sulfide) groups is 1. The minimum Gasteiger partial charge on any atom is -0.152 e. The standard InChI is InChI=1S/C14H10I4S/c15-11-5-1-3-9(13(11)17)7-19-8-10-4-2-6-12(16)14(10)18/h1-6H,7-8H2. The lowest BCUT2D eigenvalue weighted by Crippen LogP contribution is -1.92. The summed E-state index contributed by atoms with van der Waals surface area (Å²) >= 11 is 11.7. The minimum absolute atomic E-state index is 1.08. The molecule has 19 heavy (non-hydrogen) atoms. The van der Waals surface area contributed by atoms with Crippen molar-refractivity contribution in [2.24, 2.45) is 0 Å². The summed E-state index contributed by atoms with van der Waals surface area (Å²) in [6.45, 7) is 0. The quantitative estimate of drug-likeness (QED) is 0.324. The molecule has 0 saturated carbocycles. The highest BCUT2D eigenvalue weighted by atomic mass is 127. The highest BCUT2D eigenvalue weighted by Gasteiger charge is 2.06. The van der Waals surface area contributed by atoms with E-state index in [0.29, 0.717) is 0 Å². The highest BCUT2D eigenvalue weighted by Crippen LogP contribution is 2.27. The highest BCUT2D eigenvalue weighted by molar-refractivity contribution is 14.1. The number of hydrogen-bond donors (Lipinski definition) is 0. The van der Waals surface area contributed by atoms with Crippen LogP contribution in [0.15, 0.2) is 36.4 Å². The van der Waals surface area contributed by atoms with Gasteiger partial charge < -0.3 is 0 Å². The van der Waals surface area contributed by atoms with Gasteiger partial charge in [0.2, 0.25) is 0 Å². The van der Waals surface area contributed by atoms with Crippen molar-refractivity contribution in [1.29, 1.82) is 0 Å². The van der Waals surface area contributed by atoms with Crippen molar-refractivity contribution < 1.29 is 0 Å². The first kappa shape index (κ1) is 17.1. The molecule has 0 saturated heterocycles. The molecule has 2 aromatic carbocycles. The van der Waals surface area contributed by atoms with E-state index in [1.807, 2.05) is 11.8 Å². The van der Waals surface area contributed by atoms with Gasteiger partial charge in [-0.3, -0.25) is 0 Å². The number of benzene rings is 2. The zero-order valence-electron chi connectivity index (χ0n) is 9.80. The Bertz CT molecular complexity index is 532. The first-order valence-electron chi connectivity index (χ1n) is 5.53. The largest absolute Gasteiger partial charge is 0.152 e. The molecule has 0 N–H and O–H groups in total. The molecular formula is C14H10I4S. The van der Waals surface area contributed by atoms with Crippen LogP contribution in [0.3, 0.4) is 0 Å². The lowest BCUT2D eigenvalue weighted by molar-refractivity contribution is 1.31. The van der Waals surface area contributed by atoms with Gasteiger partial charge in [-0.15, -0.1) is 0 Å². The van der Waals surface area contributed by atoms with Crippen molar-refractivity contribution in [3.8, 4) is 0 Å². The van der Waals surface area contributed by atoms with E-state index in [1.54, 1.807) is 0 Å². The van der Waals surface area contributed by atoms with Crippen molar-refractivity contribution in [2.75, 3.05) is 0 Å². The molecule has 0 amide bonds. The fourth-order valence-electron chi connectivity index (χ4n) is 1.59. The van der Waals surface area contributed by atoms with Gasteiger partial charge in [-0.05, 0) is 114 Å². The summed E-state index contributed by atoms with van der Waals surface area (Å²) in [6.07, 6.45) is 0. The Kier molecular flexibility index (Phi) is 7.52. The smallest absolute Gasteiger partial charge is 0.0304 e. The summed E-state index contributed by atoms with van der Waals surface area (Å²) in [5, 5.41) is 0. The summed E-state index contributed by atoms with van der Waals surface area (Å²) < 4.78 is 5.48. The summed E-state index contributed by atoms with van der Waals surface area (Å²) in [4.78, 5) is 0. The van der Waals surface area contributed by atoms with Crippen LogP contribution in [0.25, 0.3) is 0 Å². The lowest BCUT2D eigenvalue weighted by Gasteiger charge is -2.08. The second-order valence-corrected chi connectivity index (χ2v) is 9.39. The maximum atomic E-state index is 2.45. The molecule has 2 aromatic rings. The second-order valence-electron chi connectivity index (χ2n) is 3.92. The van der Waals surface area contributed by atoms with Crippen LogP contribution in [0, 0.1) is 14.3 Å². The van der Waals surface area contributed by atoms with Crippen LogP contribution < -0.4 is 0 Å². The van der Waals surface area contributed by atoms with Crippen LogP contribution >= 0.6 is 102 Å². The van der Waals surface area contributed by atoms with E-state index in [1.165, 1.54) is 25.4 Å². The maximum absolute atomic E-state index is 2.45. The van der Waals surface area contributed by atoms with Crippen LogP contribution in [0.4, 0.5) is 0 Å². The van der Waals surface area contributed by atoms with E-state index in [0.717, 1.165) is 11.5 Å². The molecule has 0 atom stereocenters. The number of rotatable bonds is 4. The lowest BCUT2D eigenvalue weighted by atomic mass is 10.2. The van der Waals surface area contributed by atoms with Crippen molar-refractivity contribution in [1.82, 2.24) is 0 Å². The molecule has 2 rings (SSSR count). The predicted octanol–water partition coefficient (Wildman–Crippen LogP) is 6.54. The molecule has 0 aromatic heterocycles. The first-order chi connectivity index (χ1) is 9.09. The maximum Gasteiger partial charge on any atom is 0.0304 e. The van der Waals surface area contributed by atoms with E-state index in [4.69, 9.17) is 0 Å². The Hall–Kier alpha value is 1.71. The molecule has 0 aliphatic carbocycles. The second kappa shape index (κ2) is 8.37. The van der Waals surface area contributed by atoms with E-state index >= 15 is 0 Å². The van der Waals surface area contributed by atoms with Gasteiger partial charge in [0, 0.05) is 25.8 Å². The van der Waals surface area contributed by atoms with Gasteiger partial charge in [0.05, 0.1) is 0 Å².